The SMILES string of the molecule is C=CCN(C)CC=C(C)CCC=C(C)C(O)c1ccc(Br)cc1.O=C(O)C=CC(=O)O. The Morgan fingerprint density at radius 2 is 1.61 bits per heavy atom. The first-order valence-corrected chi connectivity index (χ1v) is 10.5. The number of hydrogen-bond donors (Lipinski definition) is 3. The van der Waals surface area contributed by atoms with Gasteiger partial charge in [-0.15, -0.1) is 6.58 Å². The van der Waals surface area contributed by atoms with Crippen LogP contribution in [0.2, 0.25) is 0 Å². The van der Waals surface area contributed by atoms with Crippen LogP contribution in [0.3, 0.4) is 0 Å². The van der Waals surface area contributed by atoms with Crippen molar-refractivity contribution in [1.82, 2.24) is 4.90 Å². The normalized spacial score (nSPS) is 13.0. The summed E-state index contributed by atoms with van der Waals surface area (Å²) in [6.45, 7) is 9.75. The minimum absolute atomic E-state index is 0.522. The Bertz CT molecular complexity index is 781. The van der Waals surface area contributed by atoms with Crippen LogP contribution in [0, 0.1) is 0 Å². The van der Waals surface area contributed by atoms with Crippen molar-refractivity contribution in [2.45, 2.75) is 32.8 Å². The Balaban J connectivity index is 0.000000954. The molecule has 3 N–H and O–H groups in total. The van der Waals surface area contributed by atoms with Gasteiger partial charge < -0.3 is 15.3 Å². The van der Waals surface area contributed by atoms with Crippen LogP contribution in [0.25, 0.3) is 0 Å². The number of hydrogen-bond acceptors (Lipinski definition) is 4. The van der Waals surface area contributed by atoms with Gasteiger partial charge in [-0.25, -0.2) is 9.59 Å². The molecule has 6 nitrogen and oxygen atoms in total. The minimum Gasteiger partial charge on any atom is -0.478 e. The molecule has 0 spiro atoms. The highest BCUT2D eigenvalue weighted by molar-refractivity contribution is 9.10. The van der Waals surface area contributed by atoms with Gasteiger partial charge in [-0.1, -0.05) is 51.9 Å². The van der Waals surface area contributed by atoms with Gasteiger partial charge in [-0.3, -0.25) is 4.90 Å². The molecule has 0 radical (unpaired) electrons. The molecule has 0 aliphatic heterocycles. The highest BCUT2D eigenvalue weighted by Crippen LogP contribution is 2.23. The van der Waals surface area contributed by atoms with Gasteiger partial charge in [0.25, 0.3) is 0 Å². The van der Waals surface area contributed by atoms with Crippen LogP contribution in [0.5, 0.6) is 0 Å². The molecule has 1 rings (SSSR count). The van der Waals surface area contributed by atoms with Gasteiger partial charge in [0, 0.05) is 29.7 Å². The van der Waals surface area contributed by atoms with Crippen LogP contribution in [-0.2, 0) is 9.59 Å². The number of carbonyl (C=O) groups is 2. The summed E-state index contributed by atoms with van der Waals surface area (Å²) in [5, 5.41) is 26.0. The molecule has 0 aromatic heterocycles. The first-order valence-electron chi connectivity index (χ1n) is 9.76. The number of aliphatic hydroxyl groups is 1. The summed E-state index contributed by atoms with van der Waals surface area (Å²) in [7, 11) is 2.09. The number of nitrogens with zero attached hydrogens (tertiary/aromatic N) is 1. The van der Waals surface area contributed by atoms with Crippen molar-refractivity contribution in [2.75, 3.05) is 20.1 Å². The largest absolute Gasteiger partial charge is 0.478 e. The molecule has 7 heteroatoms. The number of carboxylic acids is 2. The molecule has 31 heavy (non-hydrogen) atoms. The van der Waals surface area contributed by atoms with Crippen molar-refractivity contribution in [3.05, 3.63) is 82.4 Å². The molecule has 0 aliphatic rings. The van der Waals surface area contributed by atoms with Crippen LogP contribution < -0.4 is 0 Å². The molecule has 0 aliphatic carbocycles. The lowest BCUT2D eigenvalue weighted by Crippen LogP contribution is -2.18. The Labute approximate surface area is 193 Å². The van der Waals surface area contributed by atoms with E-state index >= 15 is 0 Å². The highest BCUT2D eigenvalue weighted by atomic mass is 79.9. The average molecular weight is 494 g/mol. The molecule has 1 atom stereocenters. The van der Waals surface area contributed by atoms with E-state index < -0.39 is 18.0 Å². The Morgan fingerprint density at radius 1 is 1.06 bits per heavy atom. The number of halogens is 1. The maximum absolute atomic E-state index is 10.4. The molecule has 0 saturated heterocycles. The number of benzene rings is 1. The van der Waals surface area contributed by atoms with Crippen molar-refractivity contribution in [2.24, 2.45) is 0 Å². The molecular formula is C24H32BrNO5. The summed E-state index contributed by atoms with van der Waals surface area (Å²) in [4.78, 5) is 21.3. The zero-order chi connectivity index (χ0) is 23.8. The van der Waals surface area contributed by atoms with Crippen molar-refractivity contribution < 1.29 is 24.9 Å². The Morgan fingerprint density at radius 3 is 2.10 bits per heavy atom. The zero-order valence-electron chi connectivity index (χ0n) is 18.3. The standard InChI is InChI=1S/C20H28BrNO.C4H4O4/c1-5-14-22(4)15-13-16(2)7-6-8-17(3)20(23)18-9-11-19(21)12-10-18;5-3(6)1-2-4(7)8/h5,8-13,20,23H,1,6-7,14-15H2,2-4H3;1-2H,(H,5,6)(H,7,8). The molecule has 1 aromatic rings. The lowest BCUT2D eigenvalue weighted by atomic mass is 10.0. The van der Waals surface area contributed by atoms with Gasteiger partial charge in [0.2, 0.25) is 0 Å². The van der Waals surface area contributed by atoms with E-state index in [4.69, 9.17) is 10.2 Å². The number of aliphatic carboxylic acids is 2. The van der Waals surface area contributed by atoms with E-state index in [0.29, 0.717) is 12.2 Å². The van der Waals surface area contributed by atoms with E-state index in [1.165, 1.54) is 5.57 Å². The van der Waals surface area contributed by atoms with Crippen molar-refractivity contribution in [3.63, 3.8) is 0 Å². The summed E-state index contributed by atoms with van der Waals surface area (Å²) >= 11 is 3.41. The summed E-state index contributed by atoms with van der Waals surface area (Å²) in [6, 6.07) is 7.82. The second-order valence-electron chi connectivity index (χ2n) is 7.01. The molecule has 170 valence electrons. The average Bonchev–Trinajstić information content (AvgIpc) is 2.71. The van der Waals surface area contributed by atoms with E-state index in [9.17, 15) is 14.7 Å². The third-order valence-corrected chi connectivity index (χ3v) is 4.71. The van der Waals surface area contributed by atoms with Crippen molar-refractivity contribution >= 4 is 27.9 Å². The summed E-state index contributed by atoms with van der Waals surface area (Å²) in [6.07, 6.45) is 8.88. The maximum Gasteiger partial charge on any atom is 0.328 e. The number of rotatable bonds is 11. The molecule has 0 bridgehead atoms. The Kier molecular flexibility index (Phi) is 14.9. The van der Waals surface area contributed by atoms with Gasteiger partial charge in [-0.2, -0.15) is 0 Å². The van der Waals surface area contributed by atoms with Crippen LogP contribution in [0.15, 0.2) is 76.8 Å². The van der Waals surface area contributed by atoms with Gasteiger partial charge in [0.1, 0.15) is 0 Å². The van der Waals surface area contributed by atoms with Crippen LogP contribution >= 0.6 is 15.9 Å². The lowest BCUT2D eigenvalue weighted by Gasteiger charge is -2.13. The predicted molar refractivity (Wildman–Crippen MR) is 128 cm³/mol. The molecular weight excluding hydrogens is 462 g/mol. The first kappa shape index (κ1) is 28.5. The molecule has 0 saturated carbocycles. The summed E-state index contributed by atoms with van der Waals surface area (Å²) < 4.78 is 1.03. The molecule has 1 aromatic carbocycles. The van der Waals surface area contributed by atoms with Crippen LogP contribution in [0.1, 0.15) is 38.4 Å². The molecule has 1 unspecified atom stereocenters. The molecule has 0 heterocycles. The predicted octanol–water partition coefficient (Wildman–Crippen LogP) is 4.98. The topological polar surface area (TPSA) is 98.1 Å². The fraction of sp³-hybridized carbons (Fsp3) is 0.333. The van der Waals surface area contributed by atoms with E-state index in [1.807, 2.05) is 37.3 Å². The quantitative estimate of drug-likeness (QED) is 0.296. The second-order valence-corrected chi connectivity index (χ2v) is 7.93. The van der Waals surface area contributed by atoms with Crippen molar-refractivity contribution in [1.29, 1.82) is 0 Å². The molecule has 0 fully saturated rings. The van der Waals surface area contributed by atoms with Crippen molar-refractivity contribution in [3.8, 4) is 0 Å². The van der Waals surface area contributed by atoms with Crippen LogP contribution in [0.4, 0.5) is 0 Å². The third-order valence-electron chi connectivity index (χ3n) is 4.18. The third kappa shape index (κ3) is 15.0. The number of carboxylic acid groups (broad SMARTS) is 2. The van der Waals surface area contributed by atoms with Gasteiger partial charge >= 0.3 is 11.9 Å². The van der Waals surface area contributed by atoms with Crippen LogP contribution in [-0.4, -0.2) is 52.3 Å². The fourth-order valence-electron chi connectivity index (χ4n) is 2.40. The van der Waals surface area contributed by atoms with E-state index in [1.54, 1.807) is 0 Å². The summed E-state index contributed by atoms with van der Waals surface area (Å²) in [5.74, 6) is -2.51. The number of allylic oxidation sites excluding steroid dienone is 2. The van der Waals surface area contributed by atoms with E-state index in [0.717, 1.165) is 41.5 Å². The Hall–Kier alpha value is -2.48. The van der Waals surface area contributed by atoms with E-state index in [2.05, 4.69) is 53.5 Å². The van der Waals surface area contributed by atoms with E-state index in [-0.39, 0.29) is 0 Å². The number of aliphatic hydroxyl groups excluding tert-OH is 1. The highest BCUT2D eigenvalue weighted by Gasteiger charge is 2.08. The smallest absolute Gasteiger partial charge is 0.328 e. The van der Waals surface area contributed by atoms with Gasteiger partial charge in [0.05, 0.1) is 6.10 Å². The number of likely N-dealkylation sites (N-methyl/N-ethyl adjacent to an activating group) is 1. The zero-order valence-corrected chi connectivity index (χ0v) is 19.9. The summed E-state index contributed by atoms with van der Waals surface area (Å²) in [5.41, 5.74) is 3.31. The second kappa shape index (κ2) is 16.2. The fourth-order valence-corrected chi connectivity index (χ4v) is 2.66. The lowest BCUT2D eigenvalue weighted by molar-refractivity contribution is -0.134. The van der Waals surface area contributed by atoms with Gasteiger partial charge in [0.15, 0.2) is 0 Å². The van der Waals surface area contributed by atoms with Gasteiger partial charge in [-0.05, 0) is 57.0 Å². The maximum atomic E-state index is 10.4. The minimum atomic E-state index is -1.26. The monoisotopic (exact) mass is 493 g/mol. The molecule has 0 amide bonds. The first-order chi connectivity index (χ1) is 14.6.